The smallest absolute Gasteiger partial charge is 0.236 e. The Bertz CT molecular complexity index is 183. The predicted octanol–water partition coefficient (Wildman–Crippen LogP) is -1.23. The van der Waals surface area contributed by atoms with Gasteiger partial charge < -0.3 is 0 Å². The molecule has 0 saturated heterocycles. The van der Waals surface area contributed by atoms with E-state index < -0.39 is 0 Å². The van der Waals surface area contributed by atoms with Gasteiger partial charge in [0, 0.05) is 12.3 Å². The molecule has 0 aliphatic rings. The molecule has 1 atom stereocenters. The van der Waals surface area contributed by atoms with Crippen LogP contribution in [0.2, 0.25) is 0 Å². The van der Waals surface area contributed by atoms with Crippen LogP contribution >= 0.6 is 0 Å². The second kappa shape index (κ2) is 6.38. The lowest BCUT2D eigenvalue weighted by Crippen LogP contribution is -2.35. The van der Waals surface area contributed by atoms with Crippen molar-refractivity contribution in [2.45, 2.75) is 26.2 Å². The molecular weight excluding hydrogens is 172 g/mol. The molecule has 0 aliphatic carbocycles. The molecule has 0 rings (SSSR count). The van der Waals surface area contributed by atoms with Crippen LogP contribution < -0.4 is 22.5 Å². The first-order valence-corrected chi connectivity index (χ1v) is 4.11. The molecule has 2 amide bonds. The number of hydrazine groups is 2. The van der Waals surface area contributed by atoms with Crippen molar-refractivity contribution in [3.63, 3.8) is 0 Å². The highest BCUT2D eigenvalue weighted by Crippen LogP contribution is 2.06. The maximum absolute atomic E-state index is 10.9. The zero-order chi connectivity index (χ0) is 10.3. The van der Waals surface area contributed by atoms with Gasteiger partial charge in [-0.05, 0) is 12.8 Å². The third-order valence-corrected chi connectivity index (χ3v) is 1.79. The monoisotopic (exact) mass is 188 g/mol. The van der Waals surface area contributed by atoms with Crippen LogP contribution in [0.5, 0.6) is 0 Å². The van der Waals surface area contributed by atoms with Crippen LogP contribution in [0.1, 0.15) is 26.2 Å². The lowest BCUT2D eigenvalue weighted by molar-refractivity contribution is -0.125. The van der Waals surface area contributed by atoms with Crippen molar-refractivity contribution in [1.82, 2.24) is 10.9 Å². The first-order chi connectivity index (χ1) is 6.11. The molecule has 0 radical (unpaired) electrons. The number of amides is 2. The van der Waals surface area contributed by atoms with E-state index in [0.717, 1.165) is 0 Å². The minimum absolute atomic E-state index is 0.171. The zero-order valence-corrected chi connectivity index (χ0v) is 7.67. The summed E-state index contributed by atoms with van der Waals surface area (Å²) in [7, 11) is 0. The Morgan fingerprint density at radius 2 is 1.92 bits per heavy atom. The molecule has 0 saturated carbocycles. The zero-order valence-electron chi connectivity index (χ0n) is 7.67. The summed E-state index contributed by atoms with van der Waals surface area (Å²) in [5, 5.41) is 0. The Labute approximate surface area is 77.0 Å². The van der Waals surface area contributed by atoms with E-state index in [1.165, 1.54) is 0 Å². The second-order valence-electron chi connectivity index (χ2n) is 2.87. The molecule has 0 fully saturated rings. The van der Waals surface area contributed by atoms with Crippen molar-refractivity contribution in [2.75, 3.05) is 0 Å². The van der Waals surface area contributed by atoms with E-state index in [9.17, 15) is 9.59 Å². The lowest BCUT2D eigenvalue weighted by Gasteiger charge is -2.08. The van der Waals surface area contributed by atoms with E-state index in [0.29, 0.717) is 19.3 Å². The Balaban J connectivity index is 3.53. The number of hydrogen-bond donors (Lipinski definition) is 4. The minimum Gasteiger partial charge on any atom is -0.294 e. The van der Waals surface area contributed by atoms with Gasteiger partial charge in [-0.2, -0.15) is 0 Å². The van der Waals surface area contributed by atoms with E-state index in [2.05, 4.69) is 5.43 Å². The average Bonchev–Trinajstić information content (AvgIpc) is 2.15. The first kappa shape index (κ1) is 11.9. The fourth-order valence-corrected chi connectivity index (χ4v) is 0.914. The molecule has 0 spiro atoms. The SMILES string of the molecule is CC(CCCC(=O)NN)C(=O)NN. The number of nitrogens with one attached hydrogen (secondary N) is 2. The number of rotatable bonds is 5. The summed E-state index contributed by atoms with van der Waals surface area (Å²) in [6.45, 7) is 1.75. The third-order valence-electron chi connectivity index (χ3n) is 1.79. The van der Waals surface area contributed by atoms with Crippen LogP contribution in [0.3, 0.4) is 0 Å². The maximum Gasteiger partial charge on any atom is 0.236 e. The lowest BCUT2D eigenvalue weighted by atomic mass is 10.0. The highest BCUT2D eigenvalue weighted by molar-refractivity contribution is 5.78. The molecular formula is C7H16N4O2. The van der Waals surface area contributed by atoms with E-state index in [1.807, 2.05) is 5.43 Å². The van der Waals surface area contributed by atoms with Crippen LogP contribution in [-0.4, -0.2) is 11.8 Å². The largest absolute Gasteiger partial charge is 0.294 e. The van der Waals surface area contributed by atoms with Gasteiger partial charge in [0.2, 0.25) is 11.8 Å². The average molecular weight is 188 g/mol. The summed E-state index contributed by atoms with van der Waals surface area (Å²) >= 11 is 0. The molecule has 76 valence electrons. The quantitative estimate of drug-likeness (QED) is 0.246. The van der Waals surface area contributed by atoms with Gasteiger partial charge in [0.1, 0.15) is 0 Å². The minimum atomic E-state index is -0.222. The van der Waals surface area contributed by atoms with Crippen LogP contribution in [0.25, 0.3) is 0 Å². The normalized spacial score (nSPS) is 11.9. The highest BCUT2D eigenvalue weighted by Gasteiger charge is 2.11. The number of nitrogens with two attached hydrogens (primary N) is 2. The molecule has 6 nitrogen and oxygen atoms in total. The molecule has 0 aromatic rings. The van der Waals surface area contributed by atoms with Crippen LogP contribution in [0.4, 0.5) is 0 Å². The van der Waals surface area contributed by atoms with Gasteiger partial charge in [0.25, 0.3) is 0 Å². The molecule has 0 bridgehead atoms. The van der Waals surface area contributed by atoms with Gasteiger partial charge in [-0.3, -0.25) is 20.4 Å². The van der Waals surface area contributed by atoms with Crippen molar-refractivity contribution < 1.29 is 9.59 Å². The van der Waals surface area contributed by atoms with Gasteiger partial charge in [0.05, 0.1) is 0 Å². The second-order valence-corrected chi connectivity index (χ2v) is 2.87. The molecule has 0 aromatic carbocycles. The maximum atomic E-state index is 10.9. The Hall–Kier alpha value is -1.14. The molecule has 1 unspecified atom stereocenters. The first-order valence-electron chi connectivity index (χ1n) is 4.11. The predicted molar refractivity (Wildman–Crippen MR) is 47.7 cm³/mol. The number of carbonyl (C=O) groups excluding carboxylic acids is 2. The Morgan fingerprint density at radius 1 is 1.31 bits per heavy atom. The van der Waals surface area contributed by atoms with Crippen molar-refractivity contribution in [1.29, 1.82) is 0 Å². The molecule has 0 aromatic heterocycles. The van der Waals surface area contributed by atoms with Crippen molar-refractivity contribution in [3.05, 3.63) is 0 Å². The van der Waals surface area contributed by atoms with Crippen molar-refractivity contribution >= 4 is 11.8 Å². The summed E-state index contributed by atoms with van der Waals surface area (Å²) in [4.78, 5) is 21.6. The van der Waals surface area contributed by atoms with Gasteiger partial charge in [-0.1, -0.05) is 6.92 Å². The van der Waals surface area contributed by atoms with Gasteiger partial charge in [-0.25, -0.2) is 11.7 Å². The van der Waals surface area contributed by atoms with Gasteiger partial charge >= 0.3 is 0 Å². The van der Waals surface area contributed by atoms with Crippen LogP contribution in [-0.2, 0) is 9.59 Å². The molecule has 13 heavy (non-hydrogen) atoms. The fraction of sp³-hybridized carbons (Fsp3) is 0.714. The molecule has 6 heteroatoms. The standard InChI is InChI=1S/C7H16N4O2/c1-5(7(13)11-9)3-2-4-6(12)10-8/h5H,2-4,8-9H2,1H3,(H,10,12)(H,11,13). The van der Waals surface area contributed by atoms with E-state index >= 15 is 0 Å². The number of carbonyl (C=O) groups is 2. The molecule has 0 aliphatic heterocycles. The summed E-state index contributed by atoms with van der Waals surface area (Å²) < 4.78 is 0. The van der Waals surface area contributed by atoms with E-state index in [-0.39, 0.29) is 17.7 Å². The summed E-state index contributed by atoms with van der Waals surface area (Å²) in [6, 6.07) is 0. The van der Waals surface area contributed by atoms with Crippen molar-refractivity contribution in [3.8, 4) is 0 Å². The van der Waals surface area contributed by atoms with Crippen molar-refractivity contribution in [2.24, 2.45) is 17.6 Å². The fourth-order valence-electron chi connectivity index (χ4n) is 0.914. The van der Waals surface area contributed by atoms with E-state index in [4.69, 9.17) is 11.7 Å². The number of hydrogen-bond acceptors (Lipinski definition) is 4. The Kier molecular flexibility index (Phi) is 5.82. The van der Waals surface area contributed by atoms with Crippen LogP contribution in [0.15, 0.2) is 0 Å². The highest BCUT2D eigenvalue weighted by atomic mass is 16.2. The Morgan fingerprint density at radius 3 is 2.38 bits per heavy atom. The van der Waals surface area contributed by atoms with Crippen LogP contribution in [0, 0.1) is 5.92 Å². The third kappa shape index (κ3) is 5.15. The van der Waals surface area contributed by atoms with E-state index in [1.54, 1.807) is 6.92 Å². The van der Waals surface area contributed by atoms with Gasteiger partial charge in [-0.15, -0.1) is 0 Å². The topological polar surface area (TPSA) is 110 Å². The molecule has 6 N–H and O–H groups in total. The summed E-state index contributed by atoms with van der Waals surface area (Å²) in [5.74, 6) is 9.20. The summed E-state index contributed by atoms with van der Waals surface area (Å²) in [6.07, 6.45) is 1.58. The summed E-state index contributed by atoms with van der Waals surface area (Å²) in [5.41, 5.74) is 4.07. The molecule has 0 heterocycles. The van der Waals surface area contributed by atoms with Gasteiger partial charge in [0.15, 0.2) is 0 Å².